The van der Waals surface area contributed by atoms with E-state index in [1.54, 1.807) is 0 Å². The molecule has 0 spiro atoms. The van der Waals surface area contributed by atoms with Gasteiger partial charge in [0, 0.05) is 19.1 Å². The Balaban J connectivity index is 1.37. The van der Waals surface area contributed by atoms with Crippen molar-refractivity contribution in [2.24, 2.45) is 0 Å². The summed E-state index contributed by atoms with van der Waals surface area (Å²) < 4.78 is 10.7. The minimum atomic E-state index is 0.0857. The maximum atomic E-state index is 12.0. The molecule has 0 radical (unpaired) electrons. The number of aryl methyl sites for hydroxylation is 1. The SMILES string of the molecule is Cc1noc(C2CCN(CC(=O)NCC3CCCO3)CC2)n1. The molecule has 0 aromatic carbocycles. The zero-order valence-corrected chi connectivity index (χ0v) is 13.1. The smallest absolute Gasteiger partial charge is 0.234 e. The number of aromatic nitrogens is 2. The molecule has 122 valence electrons. The highest BCUT2D eigenvalue weighted by Crippen LogP contribution is 2.26. The number of rotatable bonds is 5. The molecule has 22 heavy (non-hydrogen) atoms. The van der Waals surface area contributed by atoms with Gasteiger partial charge in [-0.05, 0) is 45.7 Å². The third kappa shape index (κ3) is 4.04. The Morgan fingerprint density at radius 2 is 2.18 bits per heavy atom. The molecule has 3 heterocycles. The van der Waals surface area contributed by atoms with Crippen molar-refractivity contribution in [1.82, 2.24) is 20.4 Å². The maximum Gasteiger partial charge on any atom is 0.234 e. The van der Waals surface area contributed by atoms with Crippen LogP contribution in [0.4, 0.5) is 0 Å². The summed E-state index contributed by atoms with van der Waals surface area (Å²) in [6.45, 7) is 5.53. The van der Waals surface area contributed by atoms with Gasteiger partial charge in [0.15, 0.2) is 5.82 Å². The van der Waals surface area contributed by atoms with Crippen LogP contribution in [0.25, 0.3) is 0 Å². The van der Waals surface area contributed by atoms with E-state index in [4.69, 9.17) is 9.26 Å². The minimum absolute atomic E-state index is 0.0857. The minimum Gasteiger partial charge on any atom is -0.376 e. The predicted molar refractivity (Wildman–Crippen MR) is 79.4 cm³/mol. The Hall–Kier alpha value is -1.47. The summed E-state index contributed by atoms with van der Waals surface area (Å²) in [6.07, 6.45) is 4.27. The quantitative estimate of drug-likeness (QED) is 0.869. The predicted octanol–water partition coefficient (Wildman–Crippen LogP) is 0.853. The fourth-order valence-corrected chi connectivity index (χ4v) is 3.11. The van der Waals surface area contributed by atoms with Gasteiger partial charge in [-0.1, -0.05) is 5.16 Å². The Morgan fingerprint density at radius 1 is 1.36 bits per heavy atom. The highest BCUT2D eigenvalue weighted by molar-refractivity contribution is 5.78. The van der Waals surface area contributed by atoms with E-state index in [9.17, 15) is 4.79 Å². The molecule has 7 heteroatoms. The lowest BCUT2D eigenvalue weighted by Crippen LogP contribution is -2.43. The molecule has 0 aliphatic carbocycles. The second-order valence-electron chi connectivity index (χ2n) is 6.17. The fraction of sp³-hybridized carbons (Fsp3) is 0.800. The number of piperidine rings is 1. The van der Waals surface area contributed by atoms with E-state index in [1.807, 2.05) is 6.92 Å². The van der Waals surface area contributed by atoms with Crippen molar-refractivity contribution in [3.8, 4) is 0 Å². The molecular weight excluding hydrogens is 284 g/mol. The van der Waals surface area contributed by atoms with Gasteiger partial charge < -0.3 is 14.6 Å². The zero-order chi connectivity index (χ0) is 15.4. The first-order valence-corrected chi connectivity index (χ1v) is 8.11. The van der Waals surface area contributed by atoms with Crippen LogP contribution in [0.15, 0.2) is 4.52 Å². The lowest BCUT2D eigenvalue weighted by atomic mass is 9.97. The number of carbonyl (C=O) groups excluding carboxylic acids is 1. The zero-order valence-electron chi connectivity index (χ0n) is 13.1. The molecule has 1 aromatic rings. The first-order chi connectivity index (χ1) is 10.7. The average molecular weight is 308 g/mol. The third-order valence-electron chi connectivity index (χ3n) is 4.40. The van der Waals surface area contributed by atoms with Crippen LogP contribution in [0.1, 0.15) is 43.3 Å². The topological polar surface area (TPSA) is 80.5 Å². The van der Waals surface area contributed by atoms with Crippen LogP contribution in [0.5, 0.6) is 0 Å². The van der Waals surface area contributed by atoms with Gasteiger partial charge in [0.25, 0.3) is 0 Å². The molecule has 0 saturated carbocycles. The van der Waals surface area contributed by atoms with Gasteiger partial charge in [0.2, 0.25) is 11.8 Å². The molecule has 2 saturated heterocycles. The van der Waals surface area contributed by atoms with Crippen LogP contribution in [0, 0.1) is 6.92 Å². The number of carbonyl (C=O) groups is 1. The van der Waals surface area contributed by atoms with Gasteiger partial charge in [-0.15, -0.1) is 0 Å². The Morgan fingerprint density at radius 3 is 2.82 bits per heavy atom. The van der Waals surface area contributed by atoms with Crippen molar-refractivity contribution in [2.45, 2.75) is 44.6 Å². The van der Waals surface area contributed by atoms with E-state index in [0.29, 0.717) is 24.8 Å². The highest BCUT2D eigenvalue weighted by atomic mass is 16.5. The van der Waals surface area contributed by atoms with Crippen molar-refractivity contribution in [1.29, 1.82) is 0 Å². The summed E-state index contributed by atoms with van der Waals surface area (Å²) in [5.41, 5.74) is 0. The highest BCUT2D eigenvalue weighted by Gasteiger charge is 2.26. The normalized spacial score (nSPS) is 23.8. The van der Waals surface area contributed by atoms with Gasteiger partial charge in [0.05, 0.1) is 12.6 Å². The van der Waals surface area contributed by atoms with Crippen molar-refractivity contribution in [2.75, 3.05) is 32.8 Å². The molecule has 1 atom stereocenters. The second-order valence-corrected chi connectivity index (χ2v) is 6.17. The molecule has 1 amide bonds. The van der Waals surface area contributed by atoms with E-state index in [0.717, 1.165) is 51.3 Å². The number of hydrogen-bond acceptors (Lipinski definition) is 6. The molecule has 1 unspecified atom stereocenters. The lowest BCUT2D eigenvalue weighted by Gasteiger charge is -2.29. The van der Waals surface area contributed by atoms with Crippen LogP contribution in [0.2, 0.25) is 0 Å². The van der Waals surface area contributed by atoms with E-state index in [1.165, 1.54) is 0 Å². The molecular formula is C15H24N4O3. The number of nitrogens with zero attached hydrogens (tertiary/aromatic N) is 3. The van der Waals surface area contributed by atoms with Crippen LogP contribution in [-0.2, 0) is 9.53 Å². The molecule has 7 nitrogen and oxygen atoms in total. The first-order valence-electron chi connectivity index (χ1n) is 8.11. The van der Waals surface area contributed by atoms with Crippen molar-refractivity contribution < 1.29 is 14.1 Å². The molecule has 1 aromatic heterocycles. The Kier molecular flexibility index (Phi) is 5.04. The monoisotopic (exact) mass is 308 g/mol. The second kappa shape index (κ2) is 7.19. The molecule has 3 rings (SSSR count). The van der Waals surface area contributed by atoms with E-state index in [-0.39, 0.29) is 12.0 Å². The number of nitrogens with one attached hydrogen (secondary N) is 1. The van der Waals surface area contributed by atoms with E-state index >= 15 is 0 Å². The van der Waals surface area contributed by atoms with Gasteiger partial charge in [0.1, 0.15) is 0 Å². The summed E-state index contributed by atoms with van der Waals surface area (Å²) in [5.74, 6) is 1.83. The van der Waals surface area contributed by atoms with Crippen LogP contribution in [0.3, 0.4) is 0 Å². The lowest BCUT2D eigenvalue weighted by molar-refractivity contribution is -0.123. The Labute approximate surface area is 130 Å². The summed E-state index contributed by atoms with van der Waals surface area (Å²) in [4.78, 5) is 18.5. The van der Waals surface area contributed by atoms with Crippen molar-refractivity contribution in [3.63, 3.8) is 0 Å². The Bertz CT molecular complexity index is 491. The number of likely N-dealkylation sites (tertiary alicyclic amines) is 1. The van der Waals surface area contributed by atoms with Gasteiger partial charge in [-0.3, -0.25) is 9.69 Å². The number of ether oxygens (including phenoxy) is 1. The molecule has 2 fully saturated rings. The van der Waals surface area contributed by atoms with Gasteiger partial charge in [-0.25, -0.2) is 0 Å². The van der Waals surface area contributed by atoms with Crippen LogP contribution >= 0.6 is 0 Å². The number of amides is 1. The molecule has 0 bridgehead atoms. The summed E-state index contributed by atoms with van der Waals surface area (Å²) in [6, 6.07) is 0. The average Bonchev–Trinajstić information content (AvgIpc) is 3.17. The first kappa shape index (κ1) is 15.4. The summed E-state index contributed by atoms with van der Waals surface area (Å²) in [5, 5.41) is 6.82. The maximum absolute atomic E-state index is 12.0. The van der Waals surface area contributed by atoms with Crippen LogP contribution < -0.4 is 5.32 Å². The van der Waals surface area contributed by atoms with Crippen LogP contribution in [-0.4, -0.2) is 59.8 Å². The van der Waals surface area contributed by atoms with Crippen molar-refractivity contribution in [3.05, 3.63) is 11.7 Å². The van der Waals surface area contributed by atoms with Gasteiger partial charge in [-0.2, -0.15) is 4.98 Å². The number of hydrogen-bond donors (Lipinski definition) is 1. The largest absolute Gasteiger partial charge is 0.376 e. The van der Waals surface area contributed by atoms with Gasteiger partial charge >= 0.3 is 0 Å². The third-order valence-corrected chi connectivity index (χ3v) is 4.40. The van der Waals surface area contributed by atoms with E-state index < -0.39 is 0 Å². The molecule has 2 aliphatic heterocycles. The molecule has 1 N–H and O–H groups in total. The standard InChI is InChI=1S/C15H24N4O3/c1-11-17-15(22-18-11)12-4-6-19(7-5-12)10-14(20)16-9-13-3-2-8-21-13/h12-13H,2-10H2,1H3,(H,16,20). The van der Waals surface area contributed by atoms with Crippen molar-refractivity contribution >= 4 is 5.91 Å². The molecule has 2 aliphatic rings. The summed E-state index contributed by atoms with van der Waals surface area (Å²) >= 11 is 0. The summed E-state index contributed by atoms with van der Waals surface area (Å²) in [7, 11) is 0. The fourth-order valence-electron chi connectivity index (χ4n) is 3.11. The van der Waals surface area contributed by atoms with E-state index in [2.05, 4.69) is 20.4 Å².